The summed E-state index contributed by atoms with van der Waals surface area (Å²) in [5.74, 6) is 0.858. The minimum atomic E-state index is -0.467. The molecule has 1 rings (SSSR count). The van der Waals surface area contributed by atoms with E-state index in [4.69, 9.17) is 5.73 Å². The van der Waals surface area contributed by atoms with Gasteiger partial charge in [0.25, 0.3) is 0 Å². The zero-order valence-corrected chi connectivity index (χ0v) is 10.8. The topological polar surface area (TPSA) is 83.8 Å². The molecule has 0 aromatic carbocycles. The first-order chi connectivity index (χ1) is 7.91. The maximum absolute atomic E-state index is 11.7. The lowest BCUT2D eigenvalue weighted by Gasteiger charge is -2.25. The fourth-order valence-corrected chi connectivity index (χ4v) is 1.41. The summed E-state index contributed by atoms with van der Waals surface area (Å²) >= 11 is 0. The van der Waals surface area contributed by atoms with E-state index in [1.807, 2.05) is 20.8 Å². The average molecular weight is 238 g/mol. The van der Waals surface area contributed by atoms with Crippen molar-refractivity contribution in [3.05, 3.63) is 18.2 Å². The van der Waals surface area contributed by atoms with Gasteiger partial charge in [0.05, 0.1) is 6.04 Å². The number of aryl methyl sites for hydroxylation is 1. The molecular weight excluding hydrogens is 216 g/mol. The predicted octanol–water partition coefficient (Wildman–Crippen LogP) is 0.832. The van der Waals surface area contributed by atoms with E-state index in [0.29, 0.717) is 6.54 Å². The van der Waals surface area contributed by atoms with Gasteiger partial charge in [0.1, 0.15) is 5.82 Å². The number of amides is 1. The minimum absolute atomic E-state index is 0.0862. The predicted molar refractivity (Wildman–Crippen MR) is 67.3 cm³/mol. The lowest BCUT2D eigenvalue weighted by molar-refractivity contribution is -0.124. The summed E-state index contributed by atoms with van der Waals surface area (Å²) in [6.07, 6.45) is 5.21. The van der Waals surface area contributed by atoms with Crippen molar-refractivity contribution in [1.29, 1.82) is 0 Å². The number of nitrogens with zero attached hydrogens (tertiary/aromatic N) is 1. The highest BCUT2D eigenvalue weighted by Gasteiger charge is 2.26. The van der Waals surface area contributed by atoms with E-state index in [-0.39, 0.29) is 11.3 Å². The van der Waals surface area contributed by atoms with E-state index in [2.05, 4.69) is 15.3 Å². The van der Waals surface area contributed by atoms with Gasteiger partial charge in [-0.25, -0.2) is 4.98 Å². The van der Waals surface area contributed by atoms with Crippen molar-refractivity contribution in [3.63, 3.8) is 0 Å². The molecule has 0 bridgehead atoms. The average Bonchev–Trinajstić information content (AvgIpc) is 2.74. The van der Waals surface area contributed by atoms with E-state index in [9.17, 15) is 4.79 Å². The van der Waals surface area contributed by atoms with Crippen LogP contribution in [0, 0.1) is 5.41 Å². The maximum Gasteiger partial charge on any atom is 0.237 e. The number of carbonyl (C=O) groups excluding carboxylic acids is 1. The SMILES string of the molecule is CC(C)(C)[C@H](N)C(=O)NCCCc1ncc[nH]1. The molecule has 0 radical (unpaired) electrons. The highest BCUT2D eigenvalue weighted by atomic mass is 16.2. The largest absolute Gasteiger partial charge is 0.355 e. The zero-order valence-electron chi connectivity index (χ0n) is 10.8. The number of imidazole rings is 1. The Morgan fingerprint density at radius 3 is 2.82 bits per heavy atom. The third-order valence-corrected chi connectivity index (χ3v) is 2.66. The van der Waals surface area contributed by atoms with Gasteiger partial charge in [0, 0.05) is 25.4 Å². The van der Waals surface area contributed by atoms with Crippen LogP contribution in [0.15, 0.2) is 12.4 Å². The highest BCUT2D eigenvalue weighted by molar-refractivity contribution is 5.82. The Bertz CT molecular complexity index is 340. The van der Waals surface area contributed by atoms with Gasteiger partial charge in [-0.2, -0.15) is 0 Å². The van der Waals surface area contributed by atoms with Gasteiger partial charge < -0.3 is 16.0 Å². The molecule has 0 saturated carbocycles. The van der Waals surface area contributed by atoms with Crippen LogP contribution in [-0.2, 0) is 11.2 Å². The van der Waals surface area contributed by atoms with Crippen molar-refractivity contribution in [1.82, 2.24) is 15.3 Å². The van der Waals surface area contributed by atoms with Gasteiger partial charge in [-0.05, 0) is 11.8 Å². The second kappa shape index (κ2) is 5.82. The Morgan fingerprint density at radius 1 is 1.59 bits per heavy atom. The van der Waals surface area contributed by atoms with Crippen LogP contribution in [-0.4, -0.2) is 28.5 Å². The molecule has 0 aliphatic heterocycles. The normalized spacial score (nSPS) is 13.4. The van der Waals surface area contributed by atoms with Gasteiger partial charge >= 0.3 is 0 Å². The monoisotopic (exact) mass is 238 g/mol. The zero-order chi connectivity index (χ0) is 12.9. The lowest BCUT2D eigenvalue weighted by Crippen LogP contribution is -2.48. The maximum atomic E-state index is 11.7. The molecule has 0 fully saturated rings. The number of aromatic nitrogens is 2. The first-order valence-corrected chi connectivity index (χ1v) is 5.93. The molecule has 0 unspecified atom stereocenters. The molecule has 0 saturated heterocycles. The van der Waals surface area contributed by atoms with Crippen molar-refractivity contribution >= 4 is 5.91 Å². The molecule has 1 aromatic rings. The molecule has 5 heteroatoms. The number of nitrogens with one attached hydrogen (secondary N) is 2. The fourth-order valence-electron chi connectivity index (χ4n) is 1.41. The Hall–Kier alpha value is -1.36. The number of nitrogens with two attached hydrogens (primary N) is 1. The summed E-state index contributed by atoms with van der Waals surface area (Å²) in [5, 5.41) is 2.85. The number of aromatic amines is 1. The summed E-state index contributed by atoms with van der Waals surface area (Å²) < 4.78 is 0. The second-order valence-electron chi connectivity index (χ2n) is 5.27. The molecule has 17 heavy (non-hydrogen) atoms. The van der Waals surface area contributed by atoms with Crippen molar-refractivity contribution in [2.45, 2.75) is 39.7 Å². The number of hydrogen-bond donors (Lipinski definition) is 3. The third kappa shape index (κ3) is 4.56. The van der Waals surface area contributed by atoms with E-state index in [1.54, 1.807) is 12.4 Å². The quantitative estimate of drug-likeness (QED) is 0.664. The number of H-pyrrole nitrogens is 1. The van der Waals surface area contributed by atoms with Crippen LogP contribution in [0.2, 0.25) is 0 Å². The Morgan fingerprint density at radius 2 is 2.29 bits per heavy atom. The minimum Gasteiger partial charge on any atom is -0.355 e. The first kappa shape index (κ1) is 13.7. The highest BCUT2D eigenvalue weighted by Crippen LogP contribution is 2.16. The van der Waals surface area contributed by atoms with Crippen LogP contribution < -0.4 is 11.1 Å². The van der Waals surface area contributed by atoms with Gasteiger partial charge in [0.15, 0.2) is 0 Å². The third-order valence-electron chi connectivity index (χ3n) is 2.66. The molecule has 1 atom stereocenters. The Balaban J connectivity index is 2.20. The molecule has 4 N–H and O–H groups in total. The van der Waals surface area contributed by atoms with E-state index in [0.717, 1.165) is 18.7 Å². The Kier molecular flexibility index (Phi) is 4.69. The molecule has 0 aliphatic rings. The molecule has 0 spiro atoms. The van der Waals surface area contributed by atoms with Crippen LogP contribution in [0.25, 0.3) is 0 Å². The standard InChI is InChI=1S/C12H22N4O/c1-12(2,3)10(13)11(17)16-6-4-5-9-14-7-8-15-9/h7-8,10H,4-6,13H2,1-3H3,(H,14,15)(H,16,17)/t10-/m1/s1. The van der Waals surface area contributed by atoms with Gasteiger partial charge in [-0.1, -0.05) is 20.8 Å². The molecular formula is C12H22N4O. The molecule has 96 valence electrons. The van der Waals surface area contributed by atoms with Crippen molar-refractivity contribution in [2.75, 3.05) is 6.54 Å². The summed E-state index contributed by atoms with van der Waals surface area (Å²) in [6.45, 7) is 6.50. The van der Waals surface area contributed by atoms with E-state index >= 15 is 0 Å². The van der Waals surface area contributed by atoms with Crippen LogP contribution in [0.3, 0.4) is 0 Å². The summed E-state index contributed by atoms with van der Waals surface area (Å²) in [5.41, 5.74) is 5.64. The smallest absolute Gasteiger partial charge is 0.237 e. The van der Waals surface area contributed by atoms with E-state index in [1.165, 1.54) is 0 Å². The Labute approximate surface area is 102 Å². The van der Waals surface area contributed by atoms with Gasteiger partial charge in [0.2, 0.25) is 5.91 Å². The molecule has 0 aliphatic carbocycles. The lowest BCUT2D eigenvalue weighted by atomic mass is 9.87. The van der Waals surface area contributed by atoms with Gasteiger partial charge in [-0.3, -0.25) is 4.79 Å². The summed E-state index contributed by atoms with van der Waals surface area (Å²) in [4.78, 5) is 18.8. The van der Waals surface area contributed by atoms with Crippen LogP contribution in [0.5, 0.6) is 0 Å². The first-order valence-electron chi connectivity index (χ1n) is 5.93. The molecule has 1 amide bonds. The fraction of sp³-hybridized carbons (Fsp3) is 0.667. The van der Waals surface area contributed by atoms with Crippen LogP contribution in [0.1, 0.15) is 33.0 Å². The number of hydrogen-bond acceptors (Lipinski definition) is 3. The van der Waals surface area contributed by atoms with Crippen molar-refractivity contribution in [2.24, 2.45) is 11.1 Å². The van der Waals surface area contributed by atoms with Crippen molar-refractivity contribution < 1.29 is 4.79 Å². The molecule has 5 nitrogen and oxygen atoms in total. The van der Waals surface area contributed by atoms with Crippen LogP contribution >= 0.6 is 0 Å². The van der Waals surface area contributed by atoms with Crippen molar-refractivity contribution in [3.8, 4) is 0 Å². The summed E-state index contributed by atoms with van der Waals surface area (Å²) in [6, 6.07) is -0.467. The van der Waals surface area contributed by atoms with Crippen LogP contribution in [0.4, 0.5) is 0 Å². The second-order valence-corrected chi connectivity index (χ2v) is 5.27. The molecule has 1 aromatic heterocycles. The van der Waals surface area contributed by atoms with Gasteiger partial charge in [-0.15, -0.1) is 0 Å². The number of rotatable bonds is 5. The number of carbonyl (C=O) groups is 1. The molecule has 1 heterocycles. The van der Waals surface area contributed by atoms with E-state index < -0.39 is 6.04 Å². The summed E-state index contributed by atoms with van der Waals surface area (Å²) in [7, 11) is 0.